The van der Waals surface area contributed by atoms with Crippen LogP contribution in [0.5, 0.6) is 5.75 Å². The molecule has 0 fully saturated rings. The fourth-order valence-electron chi connectivity index (χ4n) is 2.05. The van der Waals surface area contributed by atoms with E-state index >= 15 is 0 Å². The Hall–Kier alpha value is -1.88. The largest absolute Gasteiger partial charge is 0.478 e. The van der Waals surface area contributed by atoms with E-state index < -0.39 is 5.97 Å². The highest BCUT2D eigenvalue weighted by Gasteiger charge is 2.13. The summed E-state index contributed by atoms with van der Waals surface area (Å²) in [5.41, 5.74) is 0.00833. The van der Waals surface area contributed by atoms with Crippen molar-refractivity contribution in [2.45, 2.75) is 33.1 Å². The zero-order valence-electron chi connectivity index (χ0n) is 12.7. The van der Waals surface area contributed by atoms with Gasteiger partial charge in [-0.2, -0.15) is 0 Å². The third-order valence-electron chi connectivity index (χ3n) is 3.34. The van der Waals surface area contributed by atoms with Crippen LogP contribution in [0.1, 0.15) is 43.5 Å². The Morgan fingerprint density at radius 3 is 2.43 bits per heavy atom. The van der Waals surface area contributed by atoms with Crippen molar-refractivity contribution >= 4 is 11.9 Å². The first-order chi connectivity index (χ1) is 10.1. The van der Waals surface area contributed by atoms with Gasteiger partial charge >= 0.3 is 11.9 Å². The Morgan fingerprint density at radius 1 is 1.14 bits per heavy atom. The molecule has 0 saturated heterocycles. The third kappa shape index (κ3) is 5.95. The van der Waals surface area contributed by atoms with Crippen LogP contribution in [0.15, 0.2) is 24.3 Å². The number of ether oxygens (including phenoxy) is 1. The van der Waals surface area contributed by atoms with Crippen LogP contribution in [0.3, 0.4) is 0 Å². The molecule has 1 aromatic carbocycles. The normalized spacial score (nSPS) is 10.6. The molecule has 0 saturated carbocycles. The highest BCUT2D eigenvalue weighted by atomic mass is 16.5. The van der Waals surface area contributed by atoms with Gasteiger partial charge in [0.1, 0.15) is 11.3 Å². The number of esters is 1. The highest BCUT2D eigenvalue weighted by molar-refractivity contribution is 5.91. The number of carboxylic acid groups (broad SMARTS) is 1. The number of hydrogen-bond donors (Lipinski definition) is 1. The Balaban J connectivity index is 2.39. The summed E-state index contributed by atoms with van der Waals surface area (Å²) in [6, 6.07) is 6.17. The van der Waals surface area contributed by atoms with Crippen LogP contribution < -0.4 is 4.74 Å². The number of unbranched alkanes of at least 4 members (excludes halogenated alkanes) is 1. The molecule has 0 unspecified atom stereocenters. The number of rotatable bonds is 9. The molecule has 0 aromatic heterocycles. The second kappa shape index (κ2) is 9.13. The first-order valence-corrected chi connectivity index (χ1v) is 7.33. The Bertz CT molecular complexity index is 469. The molecule has 1 rings (SSSR count). The van der Waals surface area contributed by atoms with Gasteiger partial charge in [0.25, 0.3) is 0 Å². The first-order valence-electron chi connectivity index (χ1n) is 7.33. The summed E-state index contributed by atoms with van der Waals surface area (Å²) in [7, 11) is 0. The van der Waals surface area contributed by atoms with E-state index in [-0.39, 0.29) is 17.3 Å². The standard InChI is InChI=1S/C16H23NO4/c1-3-17(4-2)12-8-7-11-15(18)21-14-10-6-5-9-13(14)16(19)20/h5-6,9-10H,3-4,7-8,11-12H2,1-2H3,(H,19,20). The van der Waals surface area contributed by atoms with Crippen molar-refractivity contribution in [1.82, 2.24) is 4.90 Å². The molecule has 21 heavy (non-hydrogen) atoms. The number of para-hydroxylation sites is 1. The Kier molecular flexibility index (Phi) is 7.46. The molecule has 1 aromatic rings. The van der Waals surface area contributed by atoms with E-state index in [9.17, 15) is 9.59 Å². The molecular weight excluding hydrogens is 270 g/mol. The molecule has 116 valence electrons. The topological polar surface area (TPSA) is 66.8 Å². The first kappa shape index (κ1) is 17.2. The molecule has 0 atom stereocenters. The number of hydrogen-bond acceptors (Lipinski definition) is 4. The molecule has 0 bridgehead atoms. The van der Waals surface area contributed by atoms with Gasteiger partial charge in [-0.1, -0.05) is 26.0 Å². The van der Waals surface area contributed by atoms with Crippen LogP contribution in [0.4, 0.5) is 0 Å². The third-order valence-corrected chi connectivity index (χ3v) is 3.34. The lowest BCUT2D eigenvalue weighted by Crippen LogP contribution is -2.24. The molecule has 0 aliphatic rings. The number of carbonyl (C=O) groups is 2. The minimum absolute atomic E-state index is 0.00833. The molecule has 0 heterocycles. The van der Waals surface area contributed by atoms with Crippen LogP contribution in [-0.2, 0) is 4.79 Å². The smallest absolute Gasteiger partial charge is 0.339 e. The van der Waals surface area contributed by atoms with Crippen molar-refractivity contribution in [2.24, 2.45) is 0 Å². The van der Waals surface area contributed by atoms with Crippen molar-refractivity contribution < 1.29 is 19.4 Å². The fourth-order valence-corrected chi connectivity index (χ4v) is 2.05. The van der Waals surface area contributed by atoms with Gasteiger partial charge < -0.3 is 14.7 Å². The molecule has 0 aliphatic heterocycles. The van der Waals surface area contributed by atoms with Gasteiger partial charge in [0.2, 0.25) is 0 Å². The van der Waals surface area contributed by atoms with Crippen molar-refractivity contribution in [3.8, 4) is 5.75 Å². The van der Waals surface area contributed by atoms with Gasteiger partial charge in [-0.25, -0.2) is 4.79 Å². The van der Waals surface area contributed by atoms with Gasteiger partial charge in [-0.15, -0.1) is 0 Å². The van der Waals surface area contributed by atoms with Gasteiger partial charge in [0.05, 0.1) is 0 Å². The van der Waals surface area contributed by atoms with Gasteiger partial charge in [-0.05, 0) is 44.6 Å². The minimum atomic E-state index is -1.10. The number of benzene rings is 1. The summed E-state index contributed by atoms with van der Waals surface area (Å²) in [6.45, 7) is 7.20. The number of aromatic carboxylic acids is 1. The lowest BCUT2D eigenvalue weighted by molar-refractivity contribution is -0.134. The van der Waals surface area contributed by atoms with E-state index in [1.165, 1.54) is 12.1 Å². The van der Waals surface area contributed by atoms with E-state index in [0.29, 0.717) is 6.42 Å². The molecular formula is C16H23NO4. The molecule has 5 heteroatoms. The van der Waals surface area contributed by atoms with E-state index in [4.69, 9.17) is 9.84 Å². The summed E-state index contributed by atoms with van der Waals surface area (Å²) in [5, 5.41) is 9.01. The second-order valence-corrected chi connectivity index (χ2v) is 4.76. The van der Waals surface area contributed by atoms with Crippen LogP contribution in [0.2, 0.25) is 0 Å². The van der Waals surface area contributed by atoms with Crippen LogP contribution in [0.25, 0.3) is 0 Å². The van der Waals surface area contributed by atoms with Crippen molar-refractivity contribution in [2.75, 3.05) is 19.6 Å². The second-order valence-electron chi connectivity index (χ2n) is 4.76. The summed E-state index contributed by atoms with van der Waals surface area (Å²) in [6.07, 6.45) is 1.97. The SMILES string of the molecule is CCN(CC)CCCCC(=O)Oc1ccccc1C(=O)O. The summed E-state index contributed by atoms with van der Waals surface area (Å²) in [4.78, 5) is 25.0. The minimum Gasteiger partial charge on any atom is -0.478 e. The maximum absolute atomic E-state index is 11.7. The predicted molar refractivity (Wildman–Crippen MR) is 80.7 cm³/mol. The lowest BCUT2D eigenvalue weighted by Gasteiger charge is -2.17. The molecule has 0 aliphatic carbocycles. The number of nitrogens with zero attached hydrogens (tertiary/aromatic N) is 1. The van der Waals surface area contributed by atoms with Gasteiger partial charge in [-0.3, -0.25) is 4.79 Å². The van der Waals surface area contributed by atoms with Crippen LogP contribution >= 0.6 is 0 Å². The highest BCUT2D eigenvalue weighted by Crippen LogP contribution is 2.18. The van der Waals surface area contributed by atoms with E-state index in [1.807, 2.05) is 0 Å². The van der Waals surface area contributed by atoms with E-state index in [0.717, 1.165) is 32.5 Å². The summed E-state index contributed by atoms with van der Waals surface area (Å²) < 4.78 is 5.13. The summed E-state index contributed by atoms with van der Waals surface area (Å²) in [5.74, 6) is -1.37. The molecule has 0 spiro atoms. The average Bonchev–Trinajstić information content (AvgIpc) is 2.47. The monoisotopic (exact) mass is 293 g/mol. The lowest BCUT2D eigenvalue weighted by atomic mass is 10.2. The van der Waals surface area contributed by atoms with Crippen molar-refractivity contribution in [3.05, 3.63) is 29.8 Å². The quantitative estimate of drug-likeness (QED) is 0.431. The molecule has 5 nitrogen and oxygen atoms in total. The van der Waals surface area contributed by atoms with Crippen molar-refractivity contribution in [3.63, 3.8) is 0 Å². The predicted octanol–water partition coefficient (Wildman–Crippen LogP) is 2.80. The molecule has 0 radical (unpaired) electrons. The van der Waals surface area contributed by atoms with E-state index in [1.54, 1.807) is 12.1 Å². The Labute approximate surface area is 125 Å². The summed E-state index contributed by atoms with van der Waals surface area (Å²) >= 11 is 0. The Morgan fingerprint density at radius 2 is 1.81 bits per heavy atom. The number of carbonyl (C=O) groups excluding carboxylic acids is 1. The maximum Gasteiger partial charge on any atom is 0.339 e. The van der Waals surface area contributed by atoms with Gasteiger partial charge in [0.15, 0.2) is 0 Å². The van der Waals surface area contributed by atoms with Crippen LogP contribution in [-0.4, -0.2) is 41.6 Å². The van der Waals surface area contributed by atoms with Crippen molar-refractivity contribution in [1.29, 1.82) is 0 Å². The molecule has 0 amide bonds. The van der Waals surface area contributed by atoms with Crippen LogP contribution in [0, 0.1) is 0 Å². The van der Waals surface area contributed by atoms with Gasteiger partial charge in [0, 0.05) is 6.42 Å². The fraction of sp³-hybridized carbons (Fsp3) is 0.500. The average molecular weight is 293 g/mol. The molecule has 1 N–H and O–H groups in total. The zero-order chi connectivity index (χ0) is 15.7. The zero-order valence-corrected chi connectivity index (χ0v) is 12.7. The number of carboxylic acids is 1. The maximum atomic E-state index is 11.7. The van der Waals surface area contributed by atoms with E-state index in [2.05, 4.69) is 18.7 Å².